The molecule has 2 aliphatic heterocycles. The highest BCUT2D eigenvalue weighted by Gasteiger charge is 2.25. The van der Waals surface area contributed by atoms with Crippen LogP contribution in [0.2, 0.25) is 0 Å². The predicted octanol–water partition coefficient (Wildman–Crippen LogP) is 0.486. The highest BCUT2D eigenvalue weighted by atomic mass is 16.5. The lowest BCUT2D eigenvalue weighted by molar-refractivity contribution is 0.0612. The Morgan fingerprint density at radius 3 is 2.81 bits per heavy atom. The number of rotatable bonds is 4. The van der Waals surface area contributed by atoms with Gasteiger partial charge in [-0.25, -0.2) is 0 Å². The number of ether oxygens (including phenoxy) is 1. The third-order valence-corrected chi connectivity index (χ3v) is 4.35. The molecule has 2 aliphatic rings. The number of amides is 1. The Balaban J connectivity index is 1.43. The van der Waals surface area contributed by atoms with E-state index in [0.29, 0.717) is 17.5 Å². The van der Waals surface area contributed by atoms with E-state index >= 15 is 0 Å². The molecule has 0 bridgehead atoms. The molecule has 0 spiro atoms. The van der Waals surface area contributed by atoms with Crippen LogP contribution in [0, 0.1) is 6.92 Å². The number of nitrogens with zero attached hydrogens (tertiary/aromatic N) is 3. The van der Waals surface area contributed by atoms with E-state index in [1.165, 1.54) is 12.8 Å². The molecule has 3 rings (SSSR count). The molecule has 0 unspecified atom stereocenters. The van der Waals surface area contributed by atoms with Gasteiger partial charge in [0.15, 0.2) is 5.69 Å². The zero-order valence-electron chi connectivity index (χ0n) is 12.5. The summed E-state index contributed by atoms with van der Waals surface area (Å²) in [5.41, 5.74) is 1.04. The van der Waals surface area contributed by atoms with Gasteiger partial charge < -0.3 is 15.0 Å². The number of nitrogens with one attached hydrogen (secondary N) is 2. The quantitative estimate of drug-likeness (QED) is 0.844. The molecule has 116 valence electrons. The number of aromatic amines is 1. The maximum atomic E-state index is 12.1. The molecule has 0 aliphatic carbocycles. The van der Waals surface area contributed by atoms with Gasteiger partial charge in [-0.1, -0.05) is 0 Å². The Morgan fingerprint density at radius 1 is 1.38 bits per heavy atom. The number of aromatic nitrogens is 3. The molecule has 7 nitrogen and oxygen atoms in total. The van der Waals surface area contributed by atoms with Crippen molar-refractivity contribution in [3.63, 3.8) is 0 Å². The van der Waals surface area contributed by atoms with Crippen molar-refractivity contribution in [2.75, 3.05) is 26.2 Å². The van der Waals surface area contributed by atoms with Gasteiger partial charge >= 0.3 is 0 Å². The standard InChI is InChI=1S/C14H23N5O2/c1-10-13(17-18-16-10)14(20)15-11-4-6-19(7-5-11)9-12-3-2-8-21-12/h11-12H,2-9H2,1H3,(H,15,20)(H,16,17,18)/t12-/m1/s1. The SMILES string of the molecule is Cc1n[nH]nc1C(=O)NC1CCN(C[C@H]2CCCO2)CC1. The first-order valence-electron chi connectivity index (χ1n) is 7.74. The molecule has 0 saturated carbocycles. The van der Waals surface area contributed by atoms with Gasteiger partial charge in [-0.15, -0.1) is 0 Å². The molecule has 2 saturated heterocycles. The number of carbonyl (C=O) groups excluding carboxylic acids is 1. The summed E-state index contributed by atoms with van der Waals surface area (Å²) in [6.07, 6.45) is 4.75. The number of piperidine rings is 1. The van der Waals surface area contributed by atoms with Crippen molar-refractivity contribution in [3.8, 4) is 0 Å². The third kappa shape index (κ3) is 3.59. The third-order valence-electron chi connectivity index (χ3n) is 4.35. The fraction of sp³-hybridized carbons (Fsp3) is 0.786. The number of aryl methyl sites for hydroxylation is 1. The molecule has 7 heteroatoms. The van der Waals surface area contributed by atoms with E-state index in [0.717, 1.165) is 39.1 Å². The van der Waals surface area contributed by atoms with Gasteiger partial charge in [0, 0.05) is 32.3 Å². The van der Waals surface area contributed by atoms with Crippen molar-refractivity contribution in [1.29, 1.82) is 0 Å². The molecule has 3 heterocycles. The van der Waals surface area contributed by atoms with Crippen LogP contribution in [-0.4, -0.2) is 64.6 Å². The molecule has 2 fully saturated rings. The number of H-pyrrole nitrogens is 1. The molecular weight excluding hydrogens is 270 g/mol. The molecule has 1 aromatic rings. The van der Waals surface area contributed by atoms with Gasteiger partial charge in [0.1, 0.15) is 0 Å². The predicted molar refractivity (Wildman–Crippen MR) is 77.0 cm³/mol. The summed E-state index contributed by atoms with van der Waals surface area (Å²) < 4.78 is 5.68. The smallest absolute Gasteiger partial charge is 0.273 e. The average Bonchev–Trinajstić information content (AvgIpc) is 3.12. The van der Waals surface area contributed by atoms with E-state index < -0.39 is 0 Å². The van der Waals surface area contributed by atoms with Crippen LogP contribution in [-0.2, 0) is 4.74 Å². The van der Waals surface area contributed by atoms with Crippen LogP contribution < -0.4 is 5.32 Å². The summed E-state index contributed by atoms with van der Waals surface area (Å²) in [6, 6.07) is 0.231. The van der Waals surface area contributed by atoms with Crippen molar-refractivity contribution in [1.82, 2.24) is 25.6 Å². The van der Waals surface area contributed by atoms with Gasteiger partial charge in [-0.3, -0.25) is 4.79 Å². The summed E-state index contributed by atoms with van der Waals surface area (Å²) >= 11 is 0. The van der Waals surface area contributed by atoms with Crippen molar-refractivity contribution in [2.45, 2.75) is 44.8 Å². The van der Waals surface area contributed by atoms with E-state index in [9.17, 15) is 4.79 Å². The minimum absolute atomic E-state index is 0.126. The summed E-state index contributed by atoms with van der Waals surface area (Å²) in [5, 5.41) is 13.3. The van der Waals surface area contributed by atoms with Crippen molar-refractivity contribution >= 4 is 5.91 Å². The summed E-state index contributed by atoms with van der Waals surface area (Å²) in [7, 11) is 0. The van der Waals surface area contributed by atoms with E-state index in [-0.39, 0.29) is 11.9 Å². The molecule has 21 heavy (non-hydrogen) atoms. The van der Waals surface area contributed by atoms with Gasteiger partial charge in [-0.05, 0) is 32.6 Å². The average molecular weight is 293 g/mol. The number of likely N-dealkylation sites (tertiary alicyclic amines) is 1. The highest BCUT2D eigenvalue weighted by Crippen LogP contribution is 2.17. The fourth-order valence-corrected chi connectivity index (χ4v) is 3.09. The first-order chi connectivity index (χ1) is 10.2. The molecule has 1 aromatic heterocycles. The van der Waals surface area contributed by atoms with E-state index in [1.54, 1.807) is 6.92 Å². The van der Waals surface area contributed by atoms with Crippen LogP contribution in [0.5, 0.6) is 0 Å². The highest BCUT2D eigenvalue weighted by molar-refractivity contribution is 5.93. The number of hydrogen-bond acceptors (Lipinski definition) is 5. The minimum atomic E-state index is -0.126. The second-order valence-electron chi connectivity index (χ2n) is 5.94. The molecule has 0 aromatic carbocycles. The largest absolute Gasteiger partial charge is 0.377 e. The normalized spacial score (nSPS) is 24.3. The Bertz CT molecular complexity index is 475. The first-order valence-corrected chi connectivity index (χ1v) is 7.74. The lowest BCUT2D eigenvalue weighted by atomic mass is 10.0. The fourth-order valence-electron chi connectivity index (χ4n) is 3.09. The van der Waals surface area contributed by atoms with Crippen molar-refractivity contribution in [2.24, 2.45) is 0 Å². The topological polar surface area (TPSA) is 83.1 Å². The zero-order valence-corrected chi connectivity index (χ0v) is 12.5. The lowest BCUT2D eigenvalue weighted by Crippen LogP contribution is -2.46. The van der Waals surface area contributed by atoms with Crippen molar-refractivity contribution in [3.05, 3.63) is 11.4 Å². The Hall–Kier alpha value is -1.47. The summed E-state index contributed by atoms with van der Waals surface area (Å²) in [6.45, 7) is 5.76. The Kier molecular flexibility index (Phi) is 4.50. The molecule has 1 atom stereocenters. The second-order valence-corrected chi connectivity index (χ2v) is 5.94. The van der Waals surface area contributed by atoms with Crippen LogP contribution in [0.3, 0.4) is 0 Å². The molecule has 1 amide bonds. The van der Waals surface area contributed by atoms with Crippen LogP contribution in [0.4, 0.5) is 0 Å². The van der Waals surface area contributed by atoms with Gasteiger partial charge in [0.2, 0.25) is 0 Å². The summed E-state index contributed by atoms with van der Waals surface area (Å²) in [5.74, 6) is -0.126. The van der Waals surface area contributed by atoms with Crippen molar-refractivity contribution < 1.29 is 9.53 Å². The van der Waals surface area contributed by atoms with E-state index in [1.807, 2.05) is 0 Å². The monoisotopic (exact) mass is 293 g/mol. The Morgan fingerprint density at radius 2 is 2.19 bits per heavy atom. The first kappa shape index (κ1) is 14.5. The van der Waals surface area contributed by atoms with Gasteiger partial charge in [0.25, 0.3) is 5.91 Å². The molecule has 2 N–H and O–H groups in total. The number of carbonyl (C=O) groups is 1. The van der Waals surface area contributed by atoms with Crippen LogP contribution >= 0.6 is 0 Å². The summed E-state index contributed by atoms with van der Waals surface area (Å²) in [4.78, 5) is 14.5. The Labute approximate surface area is 124 Å². The maximum Gasteiger partial charge on any atom is 0.273 e. The van der Waals surface area contributed by atoms with Crippen LogP contribution in [0.15, 0.2) is 0 Å². The zero-order chi connectivity index (χ0) is 14.7. The van der Waals surface area contributed by atoms with Crippen LogP contribution in [0.25, 0.3) is 0 Å². The number of hydrogen-bond donors (Lipinski definition) is 2. The second kappa shape index (κ2) is 6.53. The maximum absolute atomic E-state index is 12.1. The molecular formula is C14H23N5O2. The van der Waals surface area contributed by atoms with Gasteiger partial charge in [-0.2, -0.15) is 15.4 Å². The van der Waals surface area contributed by atoms with E-state index in [4.69, 9.17) is 4.74 Å². The molecule has 0 radical (unpaired) electrons. The van der Waals surface area contributed by atoms with E-state index in [2.05, 4.69) is 25.6 Å². The lowest BCUT2D eigenvalue weighted by Gasteiger charge is -2.33. The van der Waals surface area contributed by atoms with Gasteiger partial charge in [0.05, 0.1) is 11.8 Å². The van der Waals surface area contributed by atoms with Crippen LogP contribution in [0.1, 0.15) is 41.9 Å². The minimum Gasteiger partial charge on any atom is -0.377 e.